The number of amides is 1. The summed E-state index contributed by atoms with van der Waals surface area (Å²) in [7, 11) is -9.12. The maximum Gasteiger partial charge on any atom is 0.366 e. The summed E-state index contributed by atoms with van der Waals surface area (Å²) in [6, 6.07) is 0. The average Bonchev–Trinajstić information content (AvgIpc) is 2.49. The van der Waals surface area contributed by atoms with E-state index in [9.17, 15) is 23.8 Å². The molecule has 0 aliphatic heterocycles. The van der Waals surface area contributed by atoms with Gasteiger partial charge in [0.2, 0.25) is 19.0 Å². The summed E-state index contributed by atoms with van der Waals surface area (Å²) in [5.74, 6) is -0.921. The van der Waals surface area contributed by atoms with Crippen molar-refractivity contribution in [1.29, 1.82) is 0 Å². The van der Waals surface area contributed by atoms with Gasteiger partial charge in [0.15, 0.2) is 0 Å². The van der Waals surface area contributed by atoms with Gasteiger partial charge in [0.25, 0.3) is 0 Å². The largest absolute Gasteiger partial charge is 0.466 e. The number of carbonyl (C=O) groups excluding carboxylic acids is 2. The van der Waals surface area contributed by atoms with Crippen molar-refractivity contribution in [3.63, 3.8) is 0 Å². The van der Waals surface area contributed by atoms with Crippen molar-refractivity contribution in [3.8, 4) is 0 Å². The Hall–Kier alpha value is -0.280. The summed E-state index contributed by atoms with van der Waals surface area (Å²) in [6.07, 6.45) is -0.646. The molecule has 0 radical (unpaired) electrons. The zero-order valence-corrected chi connectivity index (χ0v) is 18.2. The maximum atomic E-state index is 12.0. The molecule has 0 aromatic carbocycles. The zero-order valence-electron chi connectivity index (χ0n) is 14.8. The summed E-state index contributed by atoms with van der Waals surface area (Å²) in [4.78, 5) is 50.2. The minimum absolute atomic E-state index is 0.0851. The van der Waals surface area contributed by atoms with Gasteiger partial charge < -0.3 is 29.8 Å². The van der Waals surface area contributed by atoms with Crippen LogP contribution in [0.5, 0.6) is 0 Å². The van der Waals surface area contributed by atoms with Gasteiger partial charge >= 0.3 is 13.6 Å². The Balaban J connectivity index is 4.57. The fourth-order valence-corrected chi connectivity index (χ4v) is 4.79. The summed E-state index contributed by atoms with van der Waals surface area (Å²) in [5, 5.41) is 9.16. The highest BCUT2D eigenvalue weighted by Gasteiger charge is 2.49. The van der Waals surface area contributed by atoms with Crippen molar-refractivity contribution >= 4 is 43.4 Å². The summed E-state index contributed by atoms with van der Waals surface area (Å²) in [6.45, 7) is 5.07. The summed E-state index contributed by atoms with van der Waals surface area (Å²) >= 11 is 3.17. The number of carbonyl (C=O) groups is 2. The van der Waals surface area contributed by atoms with E-state index >= 15 is 0 Å². The highest BCUT2D eigenvalue weighted by molar-refractivity contribution is 9.10. The first-order valence-electron chi connectivity index (χ1n) is 7.79. The first kappa shape index (κ1) is 25.7. The van der Waals surface area contributed by atoms with Crippen LogP contribution in [-0.4, -0.2) is 54.7 Å². The Morgan fingerprint density at radius 2 is 1.88 bits per heavy atom. The van der Waals surface area contributed by atoms with Crippen LogP contribution in [0.4, 0.5) is 0 Å². The van der Waals surface area contributed by atoms with E-state index in [1.165, 1.54) is 0 Å². The number of hydrogen-bond donors (Lipinski definition) is 5. The topological polar surface area (TPSA) is 170 Å². The molecule has 3 atom stereocenters. The van der Waals surface area contributed by atoms with E-state index < -0.39 is 49.2 Å². The predicted molar refractivity (Wildman–Crippen MR) is 98.2 cm³/mol. The second-order valence-corrected chi connectivity index (χ2v) is 11.1. The molecule has 0 saturated carbocycles. The second kappa shape index (κ2) is 10.3. The standard InChI is InChI=1S/C13H26BrNO9P2/c1-4-24-11(17)12(2,3)8-9(14)10(16)15-7-5-6-13(18,25(19)20)26(21,22)23/h9,18,25H,4-8H2,1-3H3,(H,15,16)(H,19,20)(H2,21,22,23). The highest BCUT2D eigenvalue weighted by Crippen LogP contribution is 2.61. The molecule has 13 heteroatoms. The molecule has 1 amide bonds. The molecule has 0 aliphatic carbocycles. The number of aliphatic hydroxyl groups is 1. The lowest BCUT2D eigenvalue weighted by Gasteiger charge is -2.26. The van der Waals surface area contributed by atoms with Crippen LogP contribution >= 0.6 is 31.6 Å². The number of alkyl halides is 1. The van der Waals surface area contributed by atoms with Crippen molar-refractivity contribution in [2.45, 2.75) is 49.9 Å². The molecule has 26 heavy (non-hydrogen) atoms. The highest BCUT2D eigenvalue weighted by atomic mass is 79.9. The first-order chi connectivity index (χ1) is 11.7. The molecule has 0 bridgehead atoms. The molecule has 0 aromatic rings. The van der Waals surface area contributed by atoms with Crippen molar-refractivity contribution in [2.75, 3.05) is 13.2 Å². The molecule has 154 valence electrons. The van der Waals surface area contributed by atoms with Gasteiger partial charge in [-0.25, -0.2) is 0 Å². The van der Waals surface area contributed by atoms with Gasteiger partial charge in [-0.2, -0.15) is 0 Å². The number of ether oxygens (including phenoxy) is 1. The fourth-order valence-electron chi connectivity index (χ4n) is 1.98. The average molecular weight is 482 g/mol. The van der Waals surface area contributed by atoms with Crippen molar-refractivity contribution in [1.82, 2.24) is 5.32 Å². The first-order valence-corrected chi connectivity index (χ1v) is 11.7. The Kier molecular flexibility index (Phi) is 10.2. The summed E-state index contributed by atoms with van der Waals surface area (Å²) < 4.78 is 27.2. The molecular weight excluding hydrogens is 456 g/mol. The molecule has 3 unspecified atom stereocenters. The smallest absolute Gasteiger partial charge is 0.366 e. The van der Waals surface area contributed by atoms with Crippen LogP contribution in [0.3, 0.4) is 0 Å². The minimum Gasteiger partial charge on any atom is -0.466 e. The number of hydrogen-bond acceptors (Lipinski definition) is 6. The zero-order chi connectivity index (χ0) is 20.8. The van der Waals surface area contributed by atoms with Crippen molar-refractivity contribution < 1.29 is 43.2 Å². The molecule has 0 rings (SSSR count). The lowest BCUT2D eigenvalue weighted by molar-refractivity contribution is -0.153. The Labute approximate surface area is 160 Å². The van der Waals surface area contributed by atoms with Crippen LogP contribution in [-0.2, 0) is 23.5 Å². The summed E-state index contributed by atoms with van der Waals surface area (Å²) in [5.41, 5.74) is -0.904. The monoisotopic (exact) mass is 481 g/mol. The van der Waals surface area contributed by atoms with Crippen LogP contribution < -0.4 is 5.32 Å². The molecule has 0 spiro atoms. The third-order valence-electron chi connectivity index (χ3n) is 3.63. The molecule has 0 aliphatic rings. The maximum absolute atomic E-state index is 12.0. The van der Waals surface area contributed by atoms with E-state index in [-0.39, 0.29) is 26.0 Å². The molecule has 0 saturated heterocycles. The van der Waals surface area contributed by atoms with Crippen LogP contribution in [0.1, 0.15) is 40.0 Å². The SMILES string of the molecule is CCOC(=O)C(C)(C)CC(Br)C(=O)NCCCC(O)([PH](=O)O)P(=O)(O)O. The van der Waals surface area contributed by atoms with Gasteiger partial charge in [0.05, 0.1) is 16.8 Å². The van der Waals surface area contributed by atoms with E-state index in [1.807, 2.05) is 0 Å². The van der Waals surface area contributed by atoms with Gasteiger partial charge in [-0.1, -0.05) is 15.9 Å². The van der Waals surface area contributed by atoms with E-state index in [4.69, 9.17) is 19.4 Å². The third kappa shape index (κ3) is 7.38. The molecule has 0 heterocycles. The van der Waals surface area contributed by atoms with Gasteiger partial charge in [-0.3, -0.25) is 18.7 Å². The van der Waals surface area contributed by atoms with Crippen LogP contribution in [0.2, 0.25) is 0 Å². The Morgan fingerprint density at radius 1 is 1.35 bits per heavy atom. The molecule has 5 N–H and O–H groups in total. The molecule has 0 aromatic heterocycles. The van der Waals surface area contributed by atoms with Gasteiger partial charge in [0.1, 0.15) is 0 Å². The quantitative estimate of drug-likeness (QED) is 0.124. The van der Waals surface area contributed by atoms with Crippen molar-refractivity contribution in [3.05, 3.63) is 0 Å². The number of rotatable bonds is 11. The fraction of sp³-hybridized carbons (Fsp3) is 0.846. The van der Waals surface area contributed by atoms with Crippen LogP contribution in [0.25, 0.3) is 0 Å². The van der Waals surface area contributed by atoms with Crippen LogP contribution in [0.15, 0.2) is 0 Å². The molecular formula is C13H26BrNO9P2. The predicted octanol–water partition coefficient (Wildman–Crippen LogP) is 0.916. The number of nitrogens with one attached hydrogen (secondary N) is 1. The van der Waals surface area contributed by atoms with Crippen LogP contribution in [0, 0.1) is 5.41 Å². The molecule has 0 fully saturated rings. The van der Waals surface area contributed by atoms with E-state index in [1.54, 1.807) is 20.8 Å². The van der Waals surface area contributed by atoms with Gasteiger partial charge in [0, 0.05) is 6.54 Å². The third-order valence-corrected chi connectivity index (χ3v) is 7.94. The molecule has 10 nitrogen and oxygen atoms in total. The van der Waals surface area contributed by atoms with Gasteiger partial charge in [-0.15, -0.1) is 0 Å². The van der Waals surface area contributed by atoms with E-state index in [0.29, 0.717) is 0 Å². The normalized spacial score (nSPS) is 17.1. The Morgan fingerprint density at radius 3 is 2.31 bits per heavy atom. The van der Waals surface area contributed by atoms with Crippen molar-refractivity contribution in [2.24, 2.45) is 5.41 Å². The lowest BCUT2D eigenvalue weighted by Crippen LogP contribution is -2.38. The number of halogens is 1. The Bertz CT molecular complexity index is 580. The lowest BCUT2D eigenvalue weighted by atomic mass is 9.87. The van der Waals surface area contributed by atoms with Gasteiger partial charge in [-0.05, 0) is 40.0 Å². The van der Waals surface area contributed by atoms with E-state index in [0.717, 1.165) is 0 Å². The second-order valence-electron chi connectivity index (χ2n) is 6.34. The minimum atomic E-state index is -5.21. The number of esters is 1. The van der Waals surface area contributed by atoms with E-state index in [2.05, 4.69) is 21.2 Å².